The van der Waals surface area contributed by atoms with E-state index >= 15 is 0 Å². The number of rotatable bonds is 4. The molecule has 1 aromatic carbocycles. The normalized spacial score (nSPS) is 10.2. The third-order valence-corrected chi connectivity index (χ3v) is 2.80. The molecule has 1 rings (SSSR count). The van der Waals surface area contributed by atoms with Gasteiger partial charge in [0, 0.05) is 18.7 Å². The van der Waals surface area contributed by atoms with Crippen molar-refractivity contribution in [2.45, 2.75) is 6.92 Å². The van der Waals surface area contributed by atoms with E-state index in [2.05, 4.69) is 0 Å². The van der Waals surface area contributed by atoms with E-state index in [4.69, 9.17) is 5.26 Å². The van der Waals surface area contributed by atoms with Crippen LogP contribution in [0.4, 0.5) is 5.69 Å². The molecular weight excluding hydrogens is 252 g/mol. The first-order chi connectivity index (χ1) is 8.54. The van der Waals surface area contributed by atoms with Crippen molar-refractivity contribution in [3.63, 3.8) is 0 Å². The maximum absolute atomic E-state index is 10.8. The molecule has 92 valence electrons. The predicted molar refractivity (Wildman–Crippen MR) is 70.0 cm³/mol. The summed E-state index contributed by atoms with van der Waals surface area (Å²) in [7, 11) is 0. The molecule has 0 spiro atoms. The number of benzene rings is 1. The van der Waals surface area contributed by atoms with E-state index in [1.165, 1.54) is 25.1 Å². The molecule has 0 amide bonds. The molecule has 0 heterocycles. The highest BCUT2D eigenvalue weighted by Gasteiger charge is 2.12. The molecule has 1 aromatic rings. The van der Waals surface area contributed by atoms with Crippen LogP contribution in [0, 0.1) is 21.4 Å². The number of carbonyl (C=O) groups excluding carboxylic acids is 1. The fourth-order valence-corrected chi connectivity index (χ4v) is 1.68. The van der Waals surface area contributed by atoms with Crippen LogP contribution in [0.5, 0.6) is 0 Å². The molecule has 18 heavy (non-hydrogen) atoms. The van der Waals surface area contributed by atoms with Gasteiger partial charge in [-0.05, 0) is 12.1 Å². The Bertz CT molecular complexity index is 547. The Morgan fingerprint density at radius 1 is 1.61 bits per heavy atom. The minimum Gasteiger partial charge on any atom is -0.288 e. The highest BCUT2D eigenvalue weighted by molar-refractivity contribution is 8.13. The van der Waals surface area contributed by atoms with Gasteiger partial charge in [-0.1, -0.05) is 23.9 Å². The number of hydrogen-bond donors (Lipinski definition) is 0. The average Bonchev–Trinajstić information content (AvgIpc) is 2.34. The Morgan fingerprint density at radius 2 is 2.33 bits per heavy atom. The van der Waals surface area contributed by atoms with Crippen molar-refractivity contribution in [2.75, 3.05) is 5.75 Å². The highest BCUT2D eigenvalue weighted by Crippen LogP contribution is 2.21. The van der Waals surface area contributed by atoms with Gasteiger partial charge in [-0.3, -0.25) is 14.9 Å². The van der Waals surface area contributed by atoms with Crippen molar-refractivity contribution in [3.05, 3.63) is 45.5 Å². The smallest absolute Gasteiger partial charge is 0.277 e. The summed E-state index contributed by atoms with van der Waals surface area (Å²) < 4.78 is 0. The van der Waals surface area contributed by atoms with Crippen LogP contribution >= 0.6 is 11.8 Å². The summed E-state index contributed by atoms with van der Waals surface area (Å²) >= 11 is 1.12. The van der Waals surface area contributed by atoms with Crippen LogP contribution in [0.25, 0.3) is 6.08 Å². The topological polar surface area (TPSA) is 84.0 Å². The summed E-state index contributed by atoms with van der Waals surface area (Å²) in [6.45, 7) is 1.46. The highest BCUT2D eigenvalue weighted by atomic mass is 32.2. The number of nitrogens with zero attached hydrogens (tertiary/aromatic N) is 2. The van der Waals surface area contributed by atoms with Gasteiger partial charge in [0.25, 0.3) is 5.69 Å². The summed E-state index contributed by atoms with van der Waals surface area (Å²) in [5, 5.41) is 19.5. The molecular formula is C12H10N2O3S. The molecule has 0 fully saturated rings. The van der Waals surface area contributed by atoms with Gasteiger partial charge in [-0.2, -0.15) is 5.26 Å². The van der Waals surface area contributed by atoms with Gasteiger partial charge in [0.1, 0.15) is 0 Å². The average molecular weight is 262 g/mol. The Balaban J connectivity index is 2.92. The Labute approximate surface area is 108 Å². The minimum atomic E-state index is -0.529. The van der Waals surface area contributed by atoms with E-state index < -0.39 is 4.92 Å². The first-order valence-corrected chi connectivity index (χ1v) is 6.01. The lowest BCUT2D eigenvalue weighted by molar-refractivity contribution is -0.385. The van der Waals surface area contributed by atoms with Crippen molar-refractivity contribution in [2.24, 2.45) is 0 Å². The number of nitro groups is 1. The zero-order valence-corrected chi connectivity index (χ0v) is 10.4. The third-order valence-electron chi connectivity index (χ3n) is 2.04. The molecule has 0 aromatic heterocycles. The molecule has 0 bridgehead atoms. The number of carbonyl (C=O) groups is 1. The predicted octanol–water partition coefficient (Wildman–Crippen LogP) is 2.76. The van der Waals surface area contributed by atoms with Crippen LogP contribution in [0.2, 0.25) is 0 Å². The lowest BCUT2D eigenvalue weighted by atomic mass is 10.1. The number of nitro benzene ring substituents is 1. The van der Waals surface area contributed by atoms with Crippen LogP contribution in [0.15, 0.2) is 24.3 Å². The zero-order chi connectivity index (χ0) is 13.5. The molecule has 6 heteroatoms. The monoisotopic (exact) mass is 262 g/mol. The van der Waals surface area contributed by atoms with Crippen LogP contribution in [0.1, 0.15) is 18.1 Å². The van der Waals surface area contributed by atoms with E-state index in [0.29, 0.717) is 11.3 Å². The summed E-state index contributed by atoms with van der Waals surface area (Å²) in [5.41, 5.74) is 0.554. The van der Waals surface area contributed by atoms with Gasteiger partial charge < -0.3 is 0 Å². The van der Waals surface area contributed by atoms with Crippen molar-refractivity contribution in [1.82, 2.24) is 0 Å². The second-order valence-corrected chi connectivity index (χ2v) is 4.54. The molecule has 0 aliphatic rings. The molecule has 0 saturated carbocycles. The zero-order valence-electron chi connectivity index (χ0n) is 9.62. The molecule has 0 N–H and O–H groups in total. The molecule has 0 aliphatic heterocycles. The first-order valence-electron chi connectivity index (χ1n) is 5.03. The number of nitriles is 1. The Kier molecular flexibility index (Phi) is 5.08. The van der Waals surface area contributed by atoms with Crippen molar-refractivity contribution in [1.29, 1.82) is 5.26 Å². The maximum atomic E-state index is 10.8. The molecule has 0 aliphatic carbocycles. The second kappa shape index (κ2) is 6.57. The Hall–Kier alpha value is -2.13. The Morgan fingerprint density at radius 3 is 2.89 bits per heavy atom. The largest absolute Gasteiger partial charge is 0.288 e. The van der Waals surface area contributed by atoms with E-state index in [1.54, 1.807) is 12.2 Å². The van der Waals surface area contributed by atoms with E-state index in [-0.39, 0.29) is 16.4 Å². The summed E-state index contributed by atoms with van der Waals surface area (Å²) in [5.74, 6) is 0.465. The maximum Gasteiger partial charge on any atom is 0.277 e. The lowest BCUT2D eigenvalue weighted by Crippen LogP contribution is -1.92. The van der Waals surface area contributed by atoms with Crippen LogP contribution in [-0.2, 0) is 4.79 Å². The number of hydrogen-bond acceptors (Lipinski definition) is 5. The fourth-order valence-electron chi connectivity index (χ4n) is 1.25. The van der Waals surface area contributed by atoms with Gasteiger partial charge in [-0.25, -0.2) is 0 Å². The van der Waals surface area contributed by atoms with E-state index in [0.717, 1.165) is 11.8 Å². The van der Waals surface area contributed by atoms with Gasteiger partial charge in [0.15, 0.2) is 5.12 Å². The van der Waals surface area contributed by atoms with Crippen LogP contribution in [-0.4, -0.2) is 15.8 Å². The van der Waals surface area contributed by atoms with E-state index in [9.17, 15) is 14.9 Å². The van der Waals surface area contributed by atoms with Crippen molar-refractivity contribution < 1.29 is 9.72 Å². The standard InChI is InChI=1S/C12H10N2O3S/c1-9(15)18-6-2-3-11-5-4-10(8-13)7-12(11)14(16)17/h2-5,7H,6H2,1H3. The fraction of sp³-hybridized carbons (Fsp3) is 0.167. The lowest BCUT2D eigenvalue weighted by Gasteiger charge is -1.98. The van der Waals surface area contributed by atoms with E-state index in [1.807, 2.05) is 6.07 Å². The van der Waals surface area contributed by atoms with Gasteiger partial charge >= 0.3 is 0 Å². The van der Waals surface area contributed by atoms with Gasteiger partial charge in [0.2, 0.25) is 0 Å². The van der Waals surface area contributed by atoms with Gasteiger partial charge in [-0.15, -0.1) is 0 Å². The van der Waals surface area contributed by atoms with Gasteiger partial charge in [0.05, 0.1) is 22.1 Å². The van der Waals surface area contributed by atoms with Crippen LogP contribution in [0.3, 0.4) is 0 Å². The molecule has 0 radical (unpaired) electrons. The molecule has 0 saturated heterocycles. The summed E-state index contributed by atoms with van der Waals surface area (Å²) in [4.78, 5) is 21.0. The third kappa shape index (κ3) is 4.03. The van der Waals surface area contributed by atoms with Crippen LogP contribution < -0.4 is 0 Å². The van der Waals surface area contributed by atoms with Crippen molar-refractivity contribution in [3.8, 4) is 6.07 Å². The SMILES string of the molecule is CC(=O)SCC=Cc1ccc(C#N)cc1[N+](=O)[O-]. The quantitative estimate of drug-likeness (QED) is 0.615. The second-order valence-electron chi connectivity index (χ2n) is 3.35. The molecule has 5 nitrogen and oxygen atoms in total. The summed E-state index contributed by atoms with van der Waals surface area (Å²) in [6.07, 6.45) is 3.26. The molecule has 0 atom stereocenters. The number of thioether (sulfide) groups is 1. The molecule has 0 unspecified atom stereocenters. The summed E-state index contributed by atoms with van der Waals surface area (Å²) in [6, 6.07) is 6.13. The van der Waals surface area contributed by atoms with Crippen molar-refractivity contribution >= 4 is 28.6 Å². The first kappa shape index (κ1) is 13.9. The minimum absolute atomic E-state index is 0.00558.